The van der Waals surface area contributed by atoms with Crippen molar-refractivity contribution >= 4 is 34.0 Å². The van der Waals surface area contributed by atoms with E-state index in [1.165, 1.54) is 4.90 Å². The van der Waals surface area contributed by atoms with Gasteiger partial charge in [-0.3, -0.25) is 4.79 Å². The van der Waals surface area contributed by atoms with Gasteiger partial charge in [-0.05, 0) is 62.2 Å². The first-order valence-electron chi connectivity index (χ1n) is 12.2. The molecule has 4 aromatic rings. The highest BCUT2D eigenvalue weighted by Crippen LogP contribution is 2.33. The van der Waals surface area contributed by atoms with Crippen LogP contribution in [0.15, 0.2) is 48.7 Å². The number of likely N-dealkylation sites (N-methyl/N-ethyl adjacent to an activating group) is 1. The SMILES string of the molecule is Cc1nc(N[C@H](C)c2cccc(C#N)c2C)c2cc(N(C)c3cnc(O)c(CC(=O)N(C)C)c3)ccc2n1. The van der Waals surface area contributed by atoms with Gasteiger partial charge in [-0.2, -0.15) is 5.26 Å². The van der Waals surface area contributed by atoms with Crippen LogP contribution in [0.5, 0.6) is 5.88 Å². The quantitative estimate of drug-likeness (QED) is 0.365. The summed E-state index contributed by atoms with van der Waals surface area (Å²) in [4.78, 5) is 29.0. The van der Waals surface area contributed by atoms with Crippen molar-refractivity contribution in [3.05, 3.63) is 76.7 Å². The molecule has 9 nitrogen and oxygen atoms in total. The number of aryl methyl sites for hydroxylation is 1. The summed E-state index contributed by atoms with van der Waals surface area (Å²) in [6.45, 7) is 5.85. The molecule has 0 unspecified atom stereocenters. The third kappa shape index (κ3) is 5.34. The molecule has 0 fully saturated rings. The molecule has 0 aliphatic carbocycles. The Balaban J connectivity index is 1.70. The molecule has 0 radical (unpaired) electrons. The molecule has 4 rings (SSSR count). The van der Waals surface area contributed by atoms with Gasteiger partial charge in [0.2, 0.25) is 11.8 Å². The van der Waals surface area contributed by atoms with Crippen LogP contribution in [0, 0.1) is 25.2 Å². The van der Waals surface area contributed by atoms with Crippen LogP contribution in [0.3, 0.4) is 0 Å². The molecule has 1 atom stereocenters. The van der Waals surface area contributed by atoms with Crippen molar-refractivity contribution in [3.63, 3.8) is 0 Å². The number of carbonyl (C=O) groups excluding carboxylic acids is 1. The van der Waals surface area contributed by atoms with E-state index in [0.717, 1.165) is 33.4 Å². The van der Waals surface area contributed by atoms with Gasteiger partial charge in [0.1, 0.15) is 11.6 Å². The number of hydrogen-bond acceptors (Lipinski definition) is 8. The second-order valence-electron chi connectivity index (χ2n) is 9.52. The van der Waals surface area contributed by atoms with E-state index in [0.29, 0.717) is 22.8 Å². The topological polar surface area (TPSA) is 118 Å². The fourth-order valence-corrected chi connectivity index (χ4v) is 4.35. The van der Waals surface area contributed by atoms with E-state index in [1.807, 2.05) is 69.1 Å². The first-order chi connectivity index (χ1) is 18.1. The lowest BCUT2D eigenvalue weighted by Gasteiger charge is -2.22. The zero-order chi connectivity index (χ0) is 27.6. The highest BCUT2D eigenvalue weighted by atomic mass is 16.3. The Labute approximate surface area is 222 Å². The molecule has 0 bridgehead atoms. The van der Waals surface area contributed by atoms with Gasteiger partial charge in [-0.1, -0.05) is 12.1 Å². The molecule has 2 N–H and O–H groups in total. The summed E-state index contributed by atoms with van der Waals surface area (Å²) in [7, 11) is 5.25. The fraction of sp³-hybridized carbons (Fsp3) is 0.276. The van der Waals surface area contributed by atoms with Crippen molar-refractivity contribution in [2.75, 3.05) is 31.4 Å². The third-order valence-electron chi connectivity index (χ3n) is 6.65. The van der Waals surface area contributed by atoms with Crippen molar-refractivity contribution in [1.82, 2.24) is 19.9 Å². The Morgan fingerprint density at radius 3 is 2.58 bits per heavy atom. The molecular formula is C29H31N7O2. The summed E-state index contributed by atoms with van der Waals surface area (Å²) in [5.41, 5.74) is 5.46. The summed E-state index contributed by atoms with van der Waals surface area (Å²) in [5.74, 6) is 1.06. The van der Waals surface area contributed by atoms with E-state index in [1.54, 1.807) is 26.4 Å². The number of nitrogens with one attached hydrogen (secondary N) is 1. The zero-order valence-corrected chi connectivity index (χ0v) is 22.4. The highest BCUT2D eigenvalue weighted by Gasteiger charge is 2.17. The van der Waals surface area contributed by atoms with Gasteiger partial charge in [0.05, 0.1) is 41.5 Å². The minimum Gasteiger partial charge on any atom is -0.493 e. The van der Waals surface area contributed by atoms with E-state index >= 15 is 0 Å². The smallest absolute Gasteiger partial charge is 0.226 e. The number of hydrogen-bond donors (Lipinski definition) is 2. The molecule has 38 heavy (non-hydrogen) atoms. The highest BCUT2D eigenvalue weighted by molar-refractivity contribution is 5.92. The number of amides is 1. The fourth-order valence-electron chi connectivity index (χ4n) is 4.35. The van der Waals surface area contributed by atoms with Gasteiger partial charge in [-0.25, -0.2) is 15.0 Å². The Bertz CT molecular complexity index is 1560. The number of nitrogens with zero attached hydrogens (tertiary/aromatic N) is 6. The first kappa shape index (κ1) is 26.4. The summed E-state index contributed by atoms with van der Waals surface area (Å²) in [6.07, 6.45) is 1.62. The van der Waals surface area contributed by atoms with Gasteiger partial charge in [-0.15, -0.1) is 0 Å². The van der Waals surface area contributed by atoms with Crippen molar-refractivity contribution in [3.8, 4) is 11.9 Å². The summed E-state index contributed by atoms with van der Waals surface area (Å²) >= 11 is 0. The van der Waals surface area contributed by atoms with Crippen LogP contribution in [0.25, 0.3) is 10.9 Å². The van der Waals surface area contributed by atoms with Crippen LogP contribution in [-0.4, -0.2) is 52.0 Å². The molecule has 2 heterocycles. The Hall–Kier alpha value is -4.71. The first-order valence-corrected chi connectivity index (χ1v) is 12.2. The maximum Gasteiger partial charge on any atom is 0.226 e. The van der Waals surface area contributed by atoms with Gasteiger partial charge >= 0.3 is 0 Å². The van der Waals surface area contributed by atoms with Crippen LogP contribution < -0.4 is 10.2 Å². The molecular weight excluding hydrogens is 478 g/mol. The van der Waals surface area contributed by atoms with Crippen molar-refractivity contribution in [2.24, 2.45) is 0 Å². The lowest BCUT2D eigenvalue weighted by atomic mass is 9.98. The number of benzene rings is 2. The molecule has 0 aliphatic heterocycles. The Morgan fingerprint density at radius 2 is 1.87 bits per heavy atom. The van der Waals surface area contributed by atoms with E-state index in [4.69, 9.17) is 4.98 Å². The third-order valence-corrected chi connectivity index (χ3v) is 6.65. The number of anilines is 3. The van der Waals surface area contributed by atoms with Crippen LogP contribution in [0.2, 0.25) is 0 Å². The van der Waals surface area contributed by atoms with Crippen LogP contribution in [0.4, 0.5) is 17.2 Å². The minimum absolute atomic E-state index is 0.0523. The zero-order valence-electron chi connectivity index (χ0n) is 22.4. The molecule has 0 spiro atoms. The van der Waals surface area contributed by atoms with E-state index in [-0.39, 0.29) is 24.2 Å². The van der Waals surface area contributed by atoms with E-state index in [2.05, 4.69) is 21.4 Å². The van der Waals surface area contributed by atoms with Gasteiger partial charge in [0.25, 0.3) is 0 Å². The molecule has 2 aromatic heterocycles. The standard InChI is InChI=1S/C29H31N7O2/c1-17-20(15-30)8-7-9-24(17)18(2)32-28-25-14-22(10-11-26(25)33-19(3)34-28)36(6)23-12-21(29(38)31-16-23)13-27(37)35(4)5/h7-12,14,16,18H,13H2,1-6H3,(H,31,38)(H,32,33,34)/t18-/m1/s1. The predicted octanol–water partition coefficient (Wildman–Crippen LogP) is 4.79. The van der Waals surface area contributed by atoms with Gasteiger partial charge in [0.15, 0.2) is 0 Å². The average Bonchev–Trinajstić information content (AvgIpc) is 2.89. The molecule has 0 saturated carbocycles. The molecule has 194 valence electrons. The number of aromatic nitrogens is 3. The molecule has 2 aromatic carbocycles. The number of rotatable bonds is 7. The van der Waals surface area contributed by atoms with Gasteiger partial charge in [0, 0.05) is 37.8 Å². The number of nitriles is 1. The van der Waals surface area contributed by atoms with Crippen molar-refractivity contribution in [1.29, 1.82) is 5.26 Å². The number of carbonyl (C=O) groups is 1. The Morgan fingerprint density at radius 1 is 1.11 bits per heavy atom. The maximum atomic E-state index is 12.2. The second-order valence-corrected chi connectivity index (χ2v) is 9.52. The largest absolute Gasteiger partial charge is 0.493 e. The van der Waals surface area contributed by atoms with Crippen LogP contribution in [-0.2, 0) is 11.2 Å². The van der Waals surface area contributed by atoms with E-state index < -0.39 is 0 Å². The van der Waals surface area contributed by atoms with Crippen LogP contribution in [0.1, 0.15) is 41.0 Å². The molecule has 9 heteroatoms. The monoisotopic (exact) mass is 509 g/mol. The van der Waals surface area contributed by atoms with Gasteiger partial charge < -0.3 is 20.2 Å². The molecule has 0 aliphatic rings. The van der Waals surface area contributed by atoms with Crippen molar-refractivity contribution in [2.45, 2.75) is 33.2 Å². The summed E-state index contributed by atoms with van der Waals surface area (Å²) in [5, 5.41) is 24.0. The number of fused-ring (bicyclic) bond motifs is 1. The molecule has 0 saturated heterocycles. The maximum absolute atomic E-state index is 12.2. The van der Waals surface area contributed by atoms with Crippen molar-refractivity contribution < 1.29 is 9.90 Å². The minimum atomic E-state index is -0.157. The number of aromatic hydroxyl groups is 1. The Kier molecular flexibility index (Phi) is 7.44. The van der Waals surface area contributed by atoms with E-state index in [9.17, 15) is 15.2 Å². The second kappa shape index (κ2) is 10.7. The summed E-state index contributed by atoms with van der Waals surface area (Å²) in [6, 6.07) is 15.5. The molecule has 1 amide bonds. The lowest BCUT2D eigenvalue weighted by Crippen LogP contribution is -2.23. The summed E-state index contributed by atoms with van der Waals surface area (Å²) < 4.78 is 0. The van der Waals surface area contributed by atoms with Crippen LogP contribution >= 0.6 is 0 Å². The predicted molar refractivity (Wildman–Crippen MR) is 149 cm³/mol. The number of pyridine rings is 1. The normalized spacial score (nSPS) is 11.6. The lowest BCUT2D eigenvalue weighted by molar-refractivity contribution is -0.128. The average molecular weight is 510 g/mol.